The number of hydrogen-bond donors (Lipinski definition) is 1. The number of fused-ring (bicyclic) bond motifs is 1. The molecule has 22 heavy (non-hydrogen) atoms. The van der Waals surface area contributed by atoms with Crippen LogP contribution in [0.15, 0.2) is 33.8 Å². The van der Waals surface area contributed by atoms with E-state index >= 15 is 0 Å². The van der Waals surface area contributed by atoms with Crippen molar-refractivity contribution in [2.24, 2.45) is 5.73 Å². The number of hydrogen-bond acceptors (Lipinski definition) is 5. The second kappa shape index (κ2) is 5.77. The monoisotopic (exact) mass is 385 g/mol. The van der Waals surface area contributed by atoms with Gasteiger partial charge in [0.2, 0.25) is 15.9 Å². The number of sulfonamides is 1. The van der Waals surface area contributed by atoms with Crippen molar-refractivity contribution in [3.63, 3.8) is 0 Å². The molecule has 3 rings (SSSR count). The molecule has 2 aromatic rings. The van der Waals surface area contributed by atoms with Crippen LogP contribution >= 0.6 is 15.9 Å². The predicted molar refractivity (Wildman–Crippen MR) is 87.3 cm³/mol. The Kier molecular flexibility index (Phi) is 4.11. The molecule has 0 radical (unpaired) electrons. The molecule has 1 aromatic heterocycles. The molecule has 1 unspecified atom stereocenters. The Morgan fingerprint density at radius 1 is 1.45 bits per heavy atom. The molecule has 2 N–H and O–H groups in total. The predicted octanol–water partition coefficient (Wildman–Crippen LogP) is 1.73. The van der Waals surface area contributed by atoms with Crippen LogP contribution < -0.4 is 10.5 Å². The zero-order valence-electron chi connectivity index (χ0n) is 12.0. The first kappa shape index (κ1) is 15.7. The van der Waals surface area contributed by atoms with Gasteiger partial charge in [-0.05, 0) is 34.5 Å². The quantitative estimate of drug-likeness (QED) is 0.869. The highest BCUT2D eigenvalue weighted by Crippen LogP contribution is 2.35. The summed E-state index contributed by atoms with van der Waals surface area (Å²) < 4.78 is 33.2. The molecule has 0 spiro atoms. The molecule has 6 nitrogen and oxygen atoms in total. The first-order chi connectivity index (χ1) is 10.4. The summed E-state index contributed by atoms with van der Waals surface area (Å²) in [5, 5.41) is 1.23. The van der Waals surface area contributed by atoms with E-state index in [1.807, 2.05) is 0 Å². The van der Waals surface area contributed by atoms with Crippen LogP contribution in [0.25, 0.3) is 10.8 Å². The van der Waals surface area contributed by atoms with Crippen molar-refractivity contribution in [3.05, 3.63) is 28.9 Å². The molecule has 1 fully saturated rings. The first-order valence-electron chi connectivity index (χ1n) is 6.82. The minimum absolute atomic E-state index is 0.107. The molecule has 118 valence electrons. The summed E-state index contributed by atoms with van der Waals surface area (Å²) in [5.41, 5.74) is 5.84. The molecule has 0 aliphatic carbocycles. The van der Waals surface area contributed by atoms with Crippen molar-refractivity contribution in [1.29, 1.82) is 0 Å². The average Bonchev–Trinajstić information content (AvgIpc) is 2.94. The SMILES string of the molecule is COc1ncc(Br)c2c(S(=O)(=O)N3CCC(N)C3)cccc12. The number of ether oxygens (including phenoxy) is 1. The summed E-state index contributed by atoms with van der Waals surface area (Å²) >= 11 is 3.40. The summed E-state index contributed by atoms with van der Waals surface area (Å²) in [4.78, 5) is 4.40. The third-order valence-corrected chi connectivity index (χ3v) is 6.30. The van der Waals surface area contributed by atoms with E-state index in [1.165, 1.54) is 11.4 Å². The fraction of sp³-hybridized carbons (Fsp3) is 0.357. The van der Waals surface area contributed by atoms with Gasteiger partial charge in [0.1, 0.15) is 0 Å². The molecule has 1 aliphatic heterocycles. The van der Waals surface area contributed by atoms with Crippen LogP contribution in [0.2, 0.25) is 0 Å². The van der Waals surface area contributed by atoms with E-state index in [0.29, 0.717) is 40.6 Å². The van der Waals surface area contributed by atoms with Crippen molar-refractivity contribution in [3.8, 4) is 5.88 Å². The third kappa shape index (κ3) is 2.50. The van der Waals surface area contributed by atoms with Gasteiger partial charge in [0, 0.05) is 40.6 Å². The number of aromatic nitrogens is 1. The van der Waals surface area contributed by atoms with E-state index in [0.717, 1.165) is 0 Å². The Bertz CT molecular complexity index is 825. The number of nitrogens with two attached hydrogens (primary N) is 1. The lowest BCUT2D eigenvalue weighted by atomic mass is 10.2. The van der Waals surface area contributed by atoms with Gasteiger partial charge in [-0.1, -0.05) is 6.07 Å². The molecule has 8 heteroatoms. The highest BCUT2D eigenvalue weighted by Gasteiger charge is 2.32. The Morgan fingerprint density at radius 2 is 2.23 bits per heavy atom. The molecular weight excluding hydrogens is 370 g/mol. The van der Waals surface area contributed by atoms with E-state index in [1.54, 1.807) is 24.4 Å². The summed E-state index contributed by atoms with van der Waals surface area (Å²) in [6, 6.07) is 4.98. The number of benzene rings is 1. The minimum Gasteiger partial charge on any atom is -0.481 e. The lowest BCUT2D eigenvalue weighted by molar-refractivity contribution is 0.403. The molecule has 1 saturated heterocycles. The normalized spacial score (nSPS) is 19.7. The van der Waals surface area contributed by atoms with Gasteiger partial charge in [-0.3, -0.25) is 0 Å². The number of rotatable bonds is 3. The summed E-state index contributed by atoms with van der Waals surface area (Å²) in [5.74, 6) is 0.397. The van der Waals surface area contributed by atoms with Crippen molar-refractivity contribution >= 4 is 36.7 Å². The lowest BCUT2D eigenvalue weighted by Crippen LogP contribution is -2.32. The van der Waals surface area contributed by atoms with Crippen LogP contribution in [0.5, 0.6) is 5.88 Å². The maximum absolute atomic E-state index is 12.9. The molecule has 0 amide bonds. The number of nitrogens with zero attached hydrogens (tertiary/aromatic N) is 2. The number of pyridine rings is 1. The summed E-state index contributed by atoms with van der Waals surface area (Å²) in [7, 11) is -2.10. The van der Waals surface area contributed by atoms with Gasteiger partial charge in [0.15, 0.2) is 0 Å². The van der Waals surface area contributed by atoms with Crippen LogP contribution in [0.1, 0.15) is 6.42 Å². The highest BCUT2D eigenvalue weighted by atomic mass is 79.9. The van der Waals surface area contributed by atoms with E-state index in [4.69, 9.17) is 10.5 Å². The zero-order chi connectivity index (χ0) is 15.9. The van der Waals surface area contributed by atoms with Gasteiger partial charge in [0.25, 0.3) is 0 Å². The topological polar surface area (TPSA) is 85.5 Å². The molecule has 1 aromatic carbocycles. The summed E-state index contributed by atoms with van der Waals surface area (Å²) in [6.07, 6.45) is 2.23. The lowest BCUT2D eigenvalue weighted by Gasteiger charge is -2.18. The van der Waals surface area contributed by atoms with Crippen LogP contribution in [-0.4, -0.2) is 43.9 Å². The number of methoxy groups -OCH3 is 1. The zero-order valence-corrected chi connectivity index (χ0v) is 14.4. The van der Waals surface area contributed by atoms with E-state index in [-0.39, 0.29) is 10.9 Å². The largest absolute Gasteiger partial charge is 0.481 e. The number of halogens is 1. The fourth-order valence-electron chi connectivity index (χ4n) is 2.69. The van der Waals surface area contributed by atoms with Crippen molar-refractivity contribution in [2.45, 2.75) is 17.4 Å². The maximum atomic E-state index is 12.9. The molecule has 1 atom stereocenters. The van der Waals surface area contributed by atoms with E-state index in [9.17, 15) is 8.42 Å². The summed E-state index contributed by atoms with van der Waals surface area (Å²) in [6.45, 7) is 0.790. The van der Waals surface area contributed by atoms with Crippen molar-refractivity contribution in [2.75, 3.05) is 20.2 Å². The maximum Gasteiger partial charge on any atom is 0.243 e. The Balaban J connectivity index is 2.23. The smallest absolute Gasteiger partial charge is 0.243 e. The van der Waals surface area contributed by atoms with Crippen molar-refractivity contribution in [1.82, 2.24) is 9.29 Å². The van der Waals surface area contributed by atoms with Crippen molar-refractivity contribution < 1.29 is 13.2 Å². The van der Waals surface area contributed by atoms with Crippen LogP contribution in [0, 0.1) is 0 Å². The van der Waals surface area contributed by atoms with Gasteiger partial charge in [-0.15, -0.1) is 0 Å². The average molecular weight is 386 g/mol. The Labute approximate surface area is 137 Å². The molecule has 0 saturated carbocycles. The standard InChI is InChI=1S/C14H16BrN3O3S/c1-21-14-10-3-2-4-12(13(10)11(15)7-17-14)22(19,20)18-6-5-9(16)8-18/h2-4,7,9H,5-6,8,16H2,1H3. The Morgan fingerprint density at radius 3 is 2.86 bits per heavy atom. The minimum atomic E-state index is -3.61. The van der Waals surface area contributed by atoms with Gasteiger partial charge in [-0.2, -0.15) is 4.31 Å². The van der Waals surface area contributed by atoms with Gasteiger partial charge >= 0.3 is 0 Å². The van der Waals surface area contributed by atoms with Gasteiger partial charge in [0.05, 0.1) is 12.0 Å². The third-order valence-electron chi connectivity index (χ3n) is 3.79. The molecular formula is C14H16BrN3O3S. The molecule has 0 bridgehead atoms. The van der Waals surface area contributed by atoms with Gasteiger partial charge in [-0.25, -0.2) is 13.4 Å². The van der Waals surface area contributed by atoms with Gasteiger partial charge < -0.3 is 10.5 Å². The Hall–Kier alpha value is -1.22. The molecule has 1 aliphatic rings. The van der Waals surface area contributed by atoms with E-state index in [2.05, 4.69) is 20.9 Å². The van der Waals surface area contributed by atoms with Crippen LogP contribution in [-0.2, 0) is 10.0 Å². The second-order valence-corrected chi connectivity index (χ2v) is 7.97. The highest BCUT2D eigenvalue weighted by molar-refractivity contribution is 9.10. The molecule has 2 heterocycles. The fourth-order valence-corrected chi connectivity index (χ4v) is 5.09. The van der Waals surface area contributed by atoms with Crippen LogP contribution in [0.3, 0.4) is 0 Å². The first-order valence-corrected chi connectivity index (χ1v) is 9.05. The second-order valence-electron chi connectivity index (χ2n) is 5.21. The van der Waals surface area contributed by atoms with E-state index < -0.39 is 10.0 Å². The van der Waals surface area contributed by atoms with Crippen LogP contribution in [0.4, 0.5) is 0 Å².